The Hall–Kier alpha value is -4.83. The van der Waals surface area contributed by atoms with E-state index in [4.69, 9.17) is 9.47 Å². The van der Waals surface area contributed by atoms with Gasteiger partial charge in [-0.15, -0.1) is 0 Å². The average molecular weight is 540 g/mol. The van der Waals surface area contributed by atoms with Crippen molar-refractivity contribution in [2.24, 2.45) is 0 Å². The zero-order valence-electron chi connectivity index (χ0n) is 20.5. The number of hydrogen-bond acceptors (Lipinski definition) is 7. The van der Waals surface area contributed by atoms with Crippen molar-refractivity contribution in [2.75, 3.05) is 18.7 Å². The topological polar surface area (TPSA) is 107 Å². The van der Waals surface area contributed by atoms with Crippen molar-refractivity contribution in [3.05, 3.63) is 95.0 Å². The van der Waals surface area contributed by atoms with E-state index in [1.165, 1.54) is 0 Å². The van der Waals surface area contributed by atoms with Crippen LogP contribution in [-0.2, 0) is 16.1 Å². The van der Waals surface area contributed by atoms with Gasteiger partial charge in [0.15, 0.2) is 17.3 Å². The maximum absolute atomic E-state index is 13.1. The Labute approximate surface area is 227 Å². The van der Waals surface area contributed by atoms with Crippen LogP contribution < -0.4 is 14.8 Å². The molecule has 39 heavy (non-hydrogen) atoms. The van der Waals surface area contributed by atoms with Crippen molar-refractivity contribution in [3.63, 3.8) is 0 Å². The van der Waals surface area contributed by atoms with Gasteiger partial charge in [-0.05, 0) is 36.0 Å². The van der Waals surface area contributed by atoms with E-state index in [1.807, 2.05) is 24.3 Å². The van der Waals surface area contributed by atoms with E-state index in [2.05, 4.69) is 5.32 Å². The molecule has 3 heterocycles. The monoisotopic (exact) mass is 539 g/mol. The molecule has 4 aromatic rings. The molecule has 1 saturated heterocycles. The second-order valence-corrected chi connectivity index (χ2v) is 9.90. The Morgan fingerprint density at radius 2 is 1.69 bits per heavy atom. The molecule has 0 spiro atoms. The smallest absolute Gasteiger partial charge is 0.293 e. The number of hydrogen-bond donors (Lipinski definition) is 1. The number of imide groups is 1. The number of ketones is 1. The van der Waals surface area contributed by atoms with Crippen molar-refractivity contribution in [2.45, 2.75) is 6.54 Å². The number of amides is 3. The van der Waals surface area contributed by atoms with Gasteiger partial charge in [-0.1, -0.05) is 48.5 Å². The fourth-order valence-corrected chi connectivity index (χ4v) is 5.32. The predicted molar refractivity (Wildman–Crippen MR) is 147 cm³/mol. The molecule has 6 rings (SSSR count). The van der Waals surface area contributed by atoms with Gasteiger partial charge in [-0.2, -0.15) is 0 Å². The van der Waals surface area contributed by atoms with Crippen molar-refractivity contribution >= 4 is 57.3 Å². The summed E-state index contributed by atoms with van der Waals surface area (Å²) in [4.78, 5) is 52.3. The molecule has 0 bridgehead atoms. The highest BCUT2D eigenvalue weighted by molar-refractivity contribution is 8.18. The van der Waals surface area contributed by atoms with Crippen molar-refractivity contribution in [1.82, 2.24) is 9.47 Å². The first-order valence-electron chi connectivity index (χ1n) is 12.1. The standard InChI is InChI=1S/C29H21N3O6S/c33-23(18-6-2-1-3-7-18)15-32-28(35)26(39-29(32)36)12-19-14-31(22-9-5-4-8-21(19)22)16-27(34)30-20-10-11-24-25(13-20)38-17-37-24/h1-14H,15-17H2,(H,30,34)/b26-12-. The minimum Gasteiger partial charge on any atom is -0.454 e. The summed E-state index contributed by atoms with van der Waals surface area (Å²) in [6, 6.07) is 21.2. The van der Waals surface area contributed by atoms with Crippen molar-refractivity contribution in [3.8, 4) is 11.5 Å². The molecule has 10 heteroatoms. The molecular formula is C29H21N3O6S. The average Bonchev–Trinajstić information content (AvgIpc) is 3.62. The first-order valence-corrected chi connectivity index (χ1v) is 12.9. The molecule has 0 radical (unpaired) electrons. The minimum absolute atomic E-state index is 0.0237. The van der Waals surface area contributed by atoms with E-state index < -0.39 is 11.1 Å². The van der Waals surface area contributed by atoms with Gasteiger partial charge < -0.3 is 19.4 Å². The van der Waals surface area contributed by atoms with Gasteiger partial charge in [0, 0.05) is 40.0 Å². The van der Waals surface area contributed by atoms with Crippen LogP contribution in [0.4, 0.5) is 10.5 Å². The lowest BCUT2D eigenvalue weighted by Crippen LogP contribution is -2.33. The number of aromatic nitrogens is 1. The predicted octanol–water partition coefficient (Wildman–Crippen LogP) is 4.93. The van der Waals surface area contributed by atoms with Crippen LogP contribution in [0.15, 0.2) is 83.9 Å². The van der Waals surface area contributed by atoms with E-state index >= 15 is 0 Å². The van der Waals surface area contributed by atoms with Crippen LogP contribution in [0.3, 0.4) is 0 Å². The quantitative estimate of drug-likeness (QED) is 0.262. The van der Waals surface area contributed by atoms with Crippen LogP contribution in [0.1, 0.15) is 15.9 Å². The number of carbonyl (C=O) groups is 4. The van der Waals surface area contributed by atoms with Gasteiger partial charge in [0.05, 0.1) is 11.4 Å². The van der Waals surface area contributed by atoms with Crippen LogP contribution in [-0.4, -0.2) is 45.6 Å². The Morgan fingerprint density at radius 3 is 2.54 bits per heavy atom. The van der Waals surface area contributed by atoms with Gasteiger partial charge in [-0.25, -0.2) is 0 Å². The number of thioether (sulfide) groups is 1. The molecule has 3 aromatic carbocycles. The number of para-hydroxylation sites is 1. The minimum atomic E-state index is -0.522. The number of anilines is 1. The zero-order valence-corrected chi connectivity index (χ0v) is 21.3. The molecule has 0 saturated carbocycles. The van der Waals surface area contributed by atoms with Crippen LogP contribution in [0.25, 0.3) is 17.0 Å². The van der Waals surface area contributed by atoms with Crippen LogP contribution in [0, 0.1) is 0 Å². The van der Waals surface area contributed by atoms with E-state index in [0.717, 1.165) is 27.6 Å². The lowest BCUT2D eigenvalue weighted by Gasteiger charge is -2.11. The van der Waals surface area contributed by atoms with E-state index in [0.29, 0.717) is 28.3 Å². The van der Waals surface area contributed by atoms with Gasteiger partial charge in [0.2, 0.25) is 12.7 Å². The lowest BCUT2D eigenvalue weighted by molar-refractivity contribution is -0.122. The van der Waals surface area contributed by atoms with E-state index in [1.54, 1.807) is 65.4 Å². The molecule has 0 atom stereocenters. The Kier molecular flexibility index (Phi) is 6.37. The summed E-state index contributed by atoms with van der Waals surface area (Å²) in [6.07, 6.45) is 3.40. The van der Waals surface area contributed by atoms with E-state index in [9.17, 15) is 19.2 Å². The van der Waals surface area contributed by atoms with Gasteiger partial charge >= 0.3 is 0 Å². The van der Waals surface area contributed by atoms with Gasteiger partial charge in [0.1, 0.15) is 6.54 Å². The number of rotatable bonds is 7. The molecule has 1 aromatic heterocycles. The summed E-state index contributed by atoms with van der Waals surface area (Å²) in [5.74, 6) is 0.112. The van der Waals surface area contributed by atoms with Crippen LogP contribution in [0.2, 0.25) is 0 Å². The van der Waals surface area contributed by atoms with Crippen molar-refractivity contribution < 1.29 is 28.7 Å². The molecule has 0 aliphatic carbocycles. The third-order valence-electron chi connectivity index (χ3n) is 6.35. The highest BCUT2D eigenvalue weighted by Gasteiger charge is 2.36. The molecule has 3 amide bonds. The third-order valence-corrected chi connectivity index (χ3v) is 7.25. The molecule has 194 valence electrons. The largest absolute Gasteiger partial charge is 0.454 e. The number of carbonyl (C=O) groups excluding carboxylic acids is 4. The molecule has 2 aliphatic heterocycles. The lowest BCUT2D eigenvalue weighted by atomic mass is 10.1. The summed E-state index contributed by atoms with van der Waals surface area (Å²) >= 11 is 0.793. The first kappa shape index (κ1) is 24.5. The molecule has 0 unspecified atom stereocenters. The number of ether oxygens (including phenoxy) is 2. The molecule has 1 fully saturated rings. The fourth-order valence-electron chi connectivity index (χ4n) is 4.49. The number of fused-ring (bicyclic) bond motifs is 2. The highest BCUT2D eigenvalue weighted by Crippen LogP contribution is 2.35. The van der Waals surface area contributed by atoms with Crippen LogP contribution in [0.5, 0.6) is 11.5 Å². The van der Waals surface area contributed by atoms with Gasteiger partial charge in [0.25, 0.3) is 11.1 Å². The van der Waals surface area contributed by atoms with Gasteiger partial charge in [-0.3, -0.25) is 24.1 Å². The second kappa shape index (κ2) is 10.1. The Morgan fingerprint density at radius 1 is 0.923 bits per heavy atom. The summed E-state index contributed by atoms with van der Waals surface area (Å²) in [7, 11) is 0. The number of Topliss-reactive ketones (excluding diaryl/α,β-unsaturated/α-hetero) is 1. The Bertz CT molecular complexity index is 1680. The summed E-state index contributed by atoms with van der Waals surface area (Å²) in [5.41, 5.74) is 2.49. The maximum atomic E-state index is 13.1. The highest BCUT2D eigenvalue weighted by atomic mass is 32.2. The summed E-state index contributed by atoms with van der Waals surface area (Å²) in [5, 5.41) is 3.19. The summed E-state index contributed by atoms with van der Waals surface area (Å²) < 4.78 is 12.5. The molecule has 1 N–H and O–H groups in total. The van der Waals surface area contributed by atoms with Crippen molar-refractivity contribution in [1.29, 1.82) is 0 Å². The number of nitrogens with one attached hydrogen (secondary N) is 1. The molecule has 9 nitrogen and oxygen atoms in total. The number of benzene rings is 3. The Balaban J connectivity index is 1.21. The van der Waals surface area contributed by atoms with E-state index in [-0.39, 0.29) is 36.5 Å². The zero-order chi connectivity index (χ0) is 26.9. The SMILES string of the molecule is O=C(Cn1cc(/C=C2\SC(=O)N(CC(=O)c3ccccc3)C2=O)c2ccccc21)Nc1ccc2c(c1)OCO2. The molecule has 2 aliphatic rings. The van der Waals surface area contributed by atoms with Crippen LogP contribution >= 0.6 is 11.8 Å². The molecular weight excluding hydrogens is 518 g/mol. The fraction of sp³-hybridized carbons (Fsp3) is 0.103. The first-order chi connectivity index (χ1) is 19.0. The maximum Gasteiger partial charge on any atom is 0.293 e. The normalized spacial score (nSPS) is 15.4. The third kappa shape index (κ3) is 4.89. The second-order valence-electron chi connectivity index (χ2n) is 8.90. The number of nitrogens with zero attached hydrogens (tertiary/aromatic N) is 2. The summed E-state index contributed by atoms with van der Waals surface area (Å²) in [6.45, 7) is -0.155.